The first kappa shape index (κ1) is 70.5. The van der Waals surface area contributed by atoms with E-state index in [9.17, 15) is 0 Å². The Bertz CT molecular complexity index is 6380. The molecule has 4 nitrogen and oxygen atoms in total. The van der Waals surface area contributed by atoms with E-state index < -0.39 is 0 Å². The second kappa shape index (κ2) is 25.4. The molecule has 20 rings (SSSR count). The van der Waals surface area contributed by atoms with Gasteiger partial charge in [0.25, 0.3) is 6.71 Å². The fourth-order valence-electron chi connectivity index (χ4n) is 19.9. The zero-order chi connectivity index (χ0) is 77.6. The number of aromatic nitrogens is 2. The van der Waals surface area contributed by atoms with Gasteiger partial charge in [-0.3, -0.25) is 0 Å². The standard InChI is InChI=1S/C108H99BN4/c1-103(2,3)78-39-52-96-86(63-78)87-64-79(104(4,5)6)40-53-97(87)112(96)82-45-48-92-99(65-82)111(81-43-32-72(33-44-81)76-35-47-89-91(61-76)108(13,14)57-55-106(89,9)10)101-67-83(113-94-49-36-73(68-24-18-15-19-25-68)58-84(94)85-59-74(37-50-95(85)113)69-26-20-16-21-27-69)66-100-102(101)109(92)93-62-77(70-28-22-17-23-29-70)38-51-98(93)110(100)80-41-30-71(31-42-80)75-34-46-88-90(60-75)107(11,12)56-54-105(88,7)8/h15-53,58-67H,54-57H2,1-14H3. The molecule has 2 aliphatic carbocycles. The average Bonchev–Trinajstić information content (AvgIpc) is 1.54. The van der Waals surface area contributed by atoms with Crippen LogP contribution < -0.4 is 26.2 Å². The van der Waals surface area contributed by atoms with Crippen molar-refractivity contribution in [3.05, 3.63) is 331 Å². The van der Waals surface area contributed by atoms with Crippen LogP contribution in [0.3, 0.4) is 0 Å². The number of fused-ring (bicyclic) bond motifs is 12. The summed E-state index contributed by atoms with van der Waals surface area (Å²) in [5.74, 6) is 0. The van der Waals surface area contributed by atoms with Crippen molar-refractivity contribution in [1.29, 1.82) is 0 Å². The van der Waals surface area contributed by atoms with Crippen LogP contribution in [0.4, 0.5) is 34.1 Å². The van der Waals surface area contributed by atoms with Crippen molar-refractivity contribution in [1.82, 2.24) is 9.13 Å². The van der Waals surface area contributed by atoms with Gasteiger partial charge >= 0.3 is 0 Å². The van der Waals surface area contributed by atoms with E-state index in [4.69, 9.17) is 0 Å². The van der Waals surface area contributed by atoms with Crippen LogP contribution in [0, 0.1) is 0 Å². The lowest BCUT2D eigenvalue weighted by atomic mass is 9.33. The molecule has 4 aliphatic rings. The van der Waals surface area contributed by atoms with Crippen molar-refractivity contribution < 1.29 is 0 Å². The van der Waals surface area contributed by atoms with Crippen LogP contribution in [-0.2, 0) is 32.5 Å². The molecule has 0 atom stereocenters. The maximum atomic E-state index is 2.66. The van der Waals surface area contributed by atoms with Crippen LogP contribution in [0.15, 0.2) is 297 Å². The first-order valence-electron chi connectivity index (χ1n) is 41.1. The number of anilines is 6. The van der Waals surface area contributed by atoms with Crippen molar-refractivity contribution in [2.24, 2.45) is 0 Å². The zero-order valence-corrected chi connectivity index (χ0v) is 68.0. The molecule has 5 heteroatoms. The lowest BCUT2D eigenvalue weighted by Gasteiger charge is -2.44. The Kier molecular flexibility index (Phi) is 15.9. The highest BCUT2D eigenvalue weighted by Gasteiger charge is 2.46. The SMILES string of the molecule is CC(C)(C)c1ccc2c(c1)c1cc(C(C)(C)C)ccc1n2-c1ccc2c(c1)N(c1ccc(-c3ccc4c(c3)C(C)(C)CCC4(C)C)cc1)c1cc(-n3c4ccc(-c5ccccc5)cc4c4cc(-c5ccccc5)ccc43)cc3c1B2c1cc(-c2ccccc2)ccc1N3c1ccc(-c2ccc3c(c2)C(C)(C)CCC3(C)C)cc1. The summed E-state index contributed by atoms with van der Waals surface area (Å²) in [5.41, 5.74) is 38.3. The Labute approximate surface area is 668 Å². The third-order valence-electron chi connectivity index (χ3n) is 26.8. The molecule has 0 saturated heterocycles. The second-order valence-corrected chi connectivity index (χ2v) is 37.9. The van der Waals surface area contributed by atoms with E-state index in [1.54, 1.807) is 0 Å². The van der Waals surface area contributed by atoms with Gasteiger partial charge in [0.2, 0.25) is 0 Å². The largest absolute Gasteiger partial charge is 0.311 e. The maximum Gasteiger partial charge on any atom is 0.252 e. The minimum Gasteiger partial charge on any atom is -0.311 e. The maximum absolute atomic E-state index is 2.66. The van der Waals surface area contributed by atoms with Crippen molar-refractivity contribution in [3.63, 3.8) is 0 Å². The number of hydrogen-bond donors (Lipinski definition) is 0. The molecular weight excluding hydrogens is 1360 g/mol. The van der Waals surface area contributed by atoms with Crippen molar-refractivity contribution in [2.75, 3.05) is 9.80 Å². The summed E-state index contributed by atoms with van der Waals surface area (Å²) in [5, 5.41) is 4.95. The van der Waals surface area contributed by atoms with E-state index in [0.29, 0.717) is 0 Å². The van der Waals surface area contributed by atoms with E-state index in [2.05, 4.69) is 413 Å². The van der Waals surface area contributed by atoms with Gasteiger partial charge in [0.1, 0.15) is 0 Å². The van der Waals surface area contributed by atoms with Gasteiger partial charge < -0.3 is 18.9 Å². The lowest BCUT2D eigenvalue weighted by molar-refractivity contribution is 0.332. The number of rotatable bonds is 9. The summed E-state index contributed by atoms with van der Waals surface area (Å²) in [6.45, 7) is 33.3. The molecule has 2 aromatic heterocycles. The summed E-state index contributed by atoms with van der Waals surface area (Å²) >= 11 is 0. The predicted octanol–water partition coefficient (Wildman–Crippen LogP) is 27.6. The predicted molar refractivity (Wildman–Crippen MR) is 484 cm³/mol. The van der Waals surface area contributed by atoms with Gasteiger partial charge in [-0.2, -0.15) is 0 Å². The van der Waals surface area contributed by atoms with E-state index in [1.807, 2.05) is 0 Å². The summed E-state index contributed by atoms with van der Waals surface area (Å²) in [6, 6.07) is 115. The fourth-order valence-corrected chi connectivity index (χ4v) is 19.9. The van der Waals surface area contributed by atoms with Crippen molar-refractivity contribution in [3.8, 4) is 67.0 Å². The average molecular weight is 1460 g/mol. The Balaban J connectivity index is 0.879. The molecule has 4 heterocycles. The third kappa shape index (κ3) is 11.5. The van der Waals surface area contributed by atoms with Gasteiger partial charge in [-0.1, -0.05) is 291 Å². The highest BCUT2D eigenvalue weighted by atomic mass is 15.2. The van der Waals surface area contributed by atoms with Crippen LogP contribution in [0.25, 0.3) is 111 Å². The number of nitrogens with zero attached hydrogens (tertiary/aromatic N) is 4. The molecule has 0 spiro atoms. The van der Waals surface area contributed by atoms with E-state index >= 15 is 0 Å². The molecule has 14 aromatic carbocycles. The van der Waals surface area contributed by atoms with Crippen molar-refractivity contribution >= 4 is 101 Å². The first-order chi connectivity index (χ1) is 54.2. The molecule has 16 aromatic rings. The Morgan fingerprint density at radius 3 is 1.01 bits per heavy atom. The molecule has 0 N–H and O–H groups in total. The van der Waals surface area contributed by atoms with Gasteiger partial charge in [0.15, 0.2) is 0 Å². The molecule has 554 valence electrons. The zero-order valence-electron chi connectivity index (χ0n) is 68.0. The van der Waals surface area contributed by atoms with Crippen molar-refractivity contribution in [2.45, 2.75) is 155 Å². The minimum atomic E-state index is -0.198. The minimum absolute atomic E-state index is 0.0486. The highest BCUT2D eigenvalue weighted by Crippen LogP contribution is 2.53. The summed E-state index contributed by atoms with van der Waals surface area (Å²) in [6.07, 6.45) is 4.68. The van der Waals surface area contributed by atoms with E-state index in [0.717, 1.165) is 69.4 Å². The van der Waals surface area contributed by atoms with E-state index in [-0.39, 0.29) is 39.2 Å². The van der Waals surface area contributed by atoms with Crippen LogP contribution in [-0.4, -0.2) is 15.8 Å². The van der Waals surface area contributed by atoms with Crippen LogP contribution in [0.1, 0.15) is 156 Å². The lowest BCUT2D eigenvalue weighted by Crippen LogP contribution is -2.61. The molecule has 0 amide bonds. The molecule has 0 radical (unpaired) electrons. The smallest absolute Gasteiger partial charge is 0.252 e. The highest BCUT2D eigenvalue weighted by molar-refractivity contribution is 7.00. The third-order valence-corrected chi connectivity index (χ3v) is 26.8. The number of benzene rings is 14. The molecule has 0 bridgehead atoms. The fraction of sp³-hybridized carbons (Fsp3) is 0.222. The summed E-state index contributed by atoms with van der Waals surface area (Å²) in [7, 11) is 0. The van der Waals surface area contributed by atoms with E-state index in [1.165, 1.54) is 151 Å². The monoisotopic (exact) mass is 1460 g/mol. The van der Waals surface area contributed by atoms with Gasteiger partial charge in [-0.25, -0.2) is 0 Å². The summed E-state index contributed by atoms with van der Waals surface area (Å²) in [4.78, 5) is 5.28. The molecule has 0 saturated carbocycles. The molecular formula is C108H99BN4. The van der Waals surface area contributed by atoms with Crippen LogP contribution in [0.2, 0.25) is 0 Å². The second-order valence-electron chi connectivity index (χ2n) is 37.9. The van der Waals surface area contributed by atoms with Crippen LogP contribution in [0.5, 0.6) is 0 Å². The van der Waals surface area contributed by atoms with Crippen LogP contribution >= 0.6 is 0 Å². The summed E-state index contributed by atoms with van der Waals surface area (Å²) < 4.78 is 5.14. The number of hydrogen-bond acceptors (Lipinski definition) is 2. The Morgan fingerprint density at radius 2 is 0.575 bits per heavy atom. The molecule has 0 unspecified atom stereocenters. The molecule has 0 fully saturated rings. The van der Waals surface area contributed by atoms with Gasteiger partial charge in [0.05, 0.1) is 27.8 Å². The normalized spacial score (nSPS) is 15.8. The first-order valence-corrected chi connectivity index (χ1v) is 41.1. The molecule has 113 heavy (non-hydrogen) atoms. The Hall–Kier alpha value is -11.7. The molecule has 2 aliphatic heterocycles. The van der Waals surface area contributed by atoms with Gasteiger partial charge in [-0.05, 0) is 267 Å². The Morgan fingerprint density at radius 1 is 0.248 bits per heavy atom. The quantitative estimate of drug-likeness (QED) is 0.134. The van der Waals surface area contributed by atoms with Gasteiger partial charge in [-0.15, -0.1) is 0 Å². The topological polar surface area (TPSA) is 16.3 Å². The van der Waals surface area contributed by atoms with Gasteiger partial charge in [0, 0.05) is 61.4 Å².